The van der Waals surface area contributed by atoms with Crippen molar-refractivity contribution >= 4 is 23.4 Å². The Morgan fingerprint density at radius 1 is 1.23 bits per heavy atom. The van der Waals surface area contributed by atoms with Gasteiger partial charge in [0.1, 0.15) is 0 Å². The van der Waals surface area contributed by atoms with E-state index in [0.29, 0.717) is 5.75 Å². The van der Waals surface area contributed by atoms with Gasteiger partial charge in [-0.1, -0.05) is 42.1 Å². The van der Waals surface area contributed by atoms with Crippen LogP contribution in [-0.4, -0.2) is 27.3 Å². The lowest BCUT2D eigenvalue weighted by molar-refractivity contribution is -0.116. The van der Waals surface area contributed by atoms with Crippen molar-refractivity contribution in [2.24, 2.45) is 0 Å². The van der Waals surface area contributed by atoms with Gasteiger partial charge in [0, 0.05) is 29.8 Å². The Balaban J connectivity index is 1.51. The van der Waals surface area contributed by atoms with Crippen LogP contribution in [0.15, 0.2) is 66.1 Å². The molecule has 0 spiro atoms. The van der Waals surface area contributed by atoms with Gasteiger partial charge in [0.25, 0.3) is 0 Å². The van der Waals surface area contributed by atoms with E-state index in [4.69, 9.17) is 0 Å². The smallest absolute Gasteiger partial charge is 0.237 e. The number of imidazole rings is 1. The summed E-state index contributed by atoms with van der Waals surface area (Å²) < 4.78 is 2.03. The number of para-hydroxylation sites is 1. The summed E-state index contributed by atoms with van der Waals surface area (Å²) in [5.74, 6) is 0.507. The van der Waals surface area contributed by atoms with E-state index in [0.717, 1.165) is 23.0 Å². The highest BCUT2D eigenvalue weighted by Crippen LogP contribution is 2.33. The number of rotatable bonds is 4. The van der Waals surface area contributed by atoms with Crippen molar-refractivity contribution in [3.63, 3.8) is 0 Å². The summed E-state index contributed by atoms with van der Waals surface area (Å²) in [6.07, 6.45) is 4.64. The van der Waals surface area contributed by atoms with Crippen LogP contribution in [0.5, 0.6) is 0 Å². The summed E-state index contributed by atoms with van der Waals surface area (Å²) in [6, 6.07) is 16.7. The number of aryl methyl sites for hydroxylation is 1. The normalized spacial score (nSPS) is 15.9. The highest BCUT2D eigenvalue weighted by Gasteiger charge is 2.30. The van der Waals surface area contributed by atoms with Crippen LogP contribution in [0.1, 0.15) is 18.1 Å². The molecule has 2 heterocycles. The Bertz CT molecular complexity index is 950. The molecule has 0 saturated carbocycles. The number of benzene rings is 2. The second kappa shape index (κ2) is 7.00. The number of thioether (sulfide) groups is 1. The average Bonchev–Trinajstić information content (AvgIpc) is 3.23. The summed E-state index contributed by atoms with van der Waals surface area (Å²) in [4.78, 5) is 19.3. The minimum atomic E-state index is 0.131. The van der Waals surface area contributed by atoms with Crippen LogP contribution in [0.4, 0.5) is 5.69 Å². The lowest BCUT2D eigenvalue weighted by Gasteiger charge is -2.22. The number of hydrogen-bond donors (Lipinski definition) is 0. The van der Waals surface area contributed by atoms with E-state index in [-0.39, 0.29) is 11.9 Å². The van der Waals surface area contributed by atoms with Crippen LogP contribution in [0, 0.1) is 6.92 Å². The van der Waals surface area contributed by atoms with Crippen LogP contribution in [0.25, 0.3) is 5.69 Å². The molecule has 1 aliphatic rings. The van der Waals surface area contributed by atoms with Gasteiger partial charge < -0.3 is 4.90 Å². The molecule has 1 atom stereocenters. The molecule has 0 radical (unpaired) electrons. The Hall–Kier alpha value is -2.53. The molecule has 4 rings (SSSR count). The van der Waals surface area contributed by atoms with Crippen molar-refractivity contribution in [3.05, 3.63) is 72.1 Å². The van der Waals surface area contributed by atoms with Gasteiger partial charge in [0.05, 0.1) is 5.75 Å². The number of anilines is 1. The molecule has 0 N–H and O–H groups in total. The van der Waals surface area contributed by atoms with Gasteiger partial charge in [-0.25, -0.2) is 4.98 Å². The van der Waals surface area contributed by atoms with Crippen molar-refractivity contribution < 1.29 is 4.79 Å². The van der Waals surface area contributed by atoms with Gasteiger partial charge in [-0.3, -0.25) is 9.36 Å². The van der Waals surface area contributed by atoms with E-state index in [2.05, 4.69) is 43.1 Å². The summed E-state index contributed by atoms with van der Waals surface area (Å²) in [6.45, 7) is 4.18. The second-order valence-electron chi connectivity index (χ2n) is 6.65. The first kappa shape index (κ1) is 16.9. The van der Waals surface area contributed by atoms with Gasteiger partial charge in [-0.15, -0.1) is 0 Å². The van der Waals surface area contributed by atoms with Crippen molar-refractivity contribution in [2.45, 2.75) is 31.5 Å². The molecule has 4 nitrogen and oxygen atoms in total. The molecule has 1 aliphatic heterocycles. The number of fused-ring (bicyclic) bond motifs is 1. The molecule has 0 bridgehead atoms. The van der Waals surface area contributed by atoms with E-state index < -0.39 is 0 Å². The molecular weight excluding hydrogens is 342 g/mol. The Kier molecular flexibility index (Phi) is 4.55. The molecule has 1 amide bonds. The maximum absolute atomic E-state index is 12.9. The Morgan fingerprint density at radius 2 is 2.08 bits per heavy atom. The van der Waals surface area contributed by atoms with Gasteiger partial charge >= 0.3 is 0 Å². The quantitative estimate of drug-likeness (QED) is 0.651. The molecule has 5 heteroatoms. The van der Waals surface area contributed by atoms with Crippen molar-refractivity contribution in [2.75, 3.05) is 10.7 Å². The zero-order valence-corrected chi connectivity index (χ0v) is 15.7. The number of hydrogen-bond acceptors (Lipinski definition) is 3. The third-order valence-electron chi connectivity index (χ3n) is 4.69. The van der Waals surface area contributed by atoms with Gasteiger partial charge in [-0.2, -0.15) is 0 Å². The Morgan fingerprint density at radius 3 is 2.92 bits per heavy atom. The number of amides is 1. The molecule has 3 aromatic rings. The molecule has 0 saturated heterocycles. The third kappa shape index (κ3) is 3.15. The largest absolute Gasteiger partial charge is 0.308 e. The second-order valence-corrected chi connectivity index (χ2v) is 7.60. The number of aromatic nitrogens is 2. The summed E-state index contributed by atoms with van der Waals surface area (Å²) in [7, 11) is 0. The van der Waals surface area contributed by atoms with E-state index in [1.165, 1.54) is 22.9 Å². The standard InChI is InChI=1S/C21H21N3OS/c1-15-6-5-8-18(12-15)23-11-10-22-21(23)26-14-20(25)24-16(2)13-17-7-3-4-9-19(17)24/h3-12,16H,13-14H2,1-2H3. The number of nitrogens with zero attached hydrogens (tertiary/aromatic N) is 3. The average molecular weight is 363 g/mol. The minimum absolute atomic E-state index is 0.131. The predicted molar refractivity (Wildman–Crippen MR) is 106 cm³/mol. The first-order valence-corrected chi connectivity index (χ1v) is 9.75. The van der Waals surface area contributed by atoms with E-state index in [9.17, 15) is 4.79 Å². The van der Waals surface area contributed by atoms with Crippen LogP contribution in [0.2, 0.25) is 0 Å². The lowest BCUT2D eigenvalue weighted by atomic mass is 10.1. The third-order valence-corrected chi connectivity index (χ3v) is 5.64. The van der Waals surface area contributed by atoms with Crippen LogP contribution in [0.3, 0.4) is 0 Å². The molecular formula is C21H21N3OS. The van der Waals surface area contributed by atoms with Crippen molar-refractivity contribution in [1.82, 2.24) is 9.55 Å². The van der Waals surface area contributed by atoms with Crippen molar-refractivity contribution in [1.29, 1.82) is 0 Å². The summed E-state index contributed by atoms with van der Waals surface area (Å²) >= 11 is 1.49. The fourth-order valence-electron chi connectivity index (χ4n) is 3.51. The summed E-state index contributed by atoms with van der Waals surface area (Å²) in [5.41, 5.74) is 4.57. The van der Waals surface area contributed by atoms with Gasteiger partial charge in [0.15, 0.2) is 5.16 Å². The lowest BCUT2D eigenvalue weighted by Crippen LogP contribution is -2.37. The predicted octanol–water partition coefficient (Wildman–Crippen LogP) is 4.25. The van der Waals surface area contributed by atoms with Crippen LogP contribution < -0.4 is 4.90 Å². The Labute approximate surface area is 157 Å². The molecule has 26 heavy (non-hydrogen) atoms. The molecule has 2 aromatic carbocycles. The SMILES string of the molecule is Cc1cccc(-n2ccnc2SCC(=O)N2c3ccccc3CC2C)c1. The molecule has 132 valence electrons. The maximum Gasteiger partial charge on any atom is 0.237 e. The van der Waals surface area contributed by atoms with E-state index in [1.807, 2.05) is 39.9 Å². The van der Waals surface area contributed by atoms with Crippen molar-refractivity contribution in [3.8, 4) is 5.69 Å². The number of carbonyl (C=O) groups excluding carboxylic acids is 1. The fraction of sp³-hybridized carbons (Fsp3) is 0.238. The van der Waals surface area contributed by atoms with Crippen LogP contribution in [-0.2, 0) is 11.2 Å². The molecule has 1 unspecified atom stereocenters. The molecule has 1 aromatic heterocycles. The van der Waals surface area contributed by atoms with Gasteiger partial charge in [-0.05, 0) is 49.6 Å². The van der Waals surface area contributed by atoms with E-state index >= 15 is 0 Å². The minimum Gasteiger partial charge on any atom is -0.308 e. The highest BCUT2D eigenvalue weighted by molar-refractivity contribution is 7.99. The van der Waals surface area contributed by atoms with Gasteiger partial charge in [0.2, 0.25) is 5.91 Å². The molecule has 0 fully saturated rings. The van der Waals surface area contributed by atoms with Crippen LogP contribution >= 0.6 is 11.8 Å². The topological polar surface area (TPSA) is 38.1 Å². The monoisotopic (exact) mass is 363 g/mol. The summed E-state index contributed by atoms with van der Waals surface area (Å²) in [5, 5.41) is 0.837. The first-order valence-electron chi connectivity index (χ1n) is 8.76. The maximum atomic E-state index is 12.9. The fourth-order valence-corrected chi connectivity index (χ4v) is 4.34. The van der Waals surface area contributed by atoms with E-state index in [1.54, 1.807) is 6.20 Å². The first-order chi connectivity index (χ1) is 12.6. The number of carbonyl (C=O) groups is 1. The highest BCUT2D eigenvalue weighted by atomic mass is 32.2. The zero-order chi connectivity index (χ0) is 18.1. The molecule has 0 aliphatic carbocycles. The zero-order valence-electron chi connectivity index (χ0n) is 14.9.